The maximum atomic E-state index is 12.7. The molecular weight excluding hydrogens is 245 g/mol. The average Bonchev–Trinajstić information content (AvgIpc) is 2.29. The van der Waals surface area contributed by atoms with Gasteiger partial charge in [-0.3, -0.25) is 4.79 Å². The van der Waals surface area contributed by atoms with Gasteiger partial charge in [0, 0.05) is 12.6 Å². The minimum Gasteiger partial charge on any atom is -0.317 e. The van der Waals surface area contributed by atoms with Gasteiger partial charge in [-0.1, -0.05) is 13.0 Å². The highest BCUT2D eigenvalue weighted by molar-refractivity contribution is 5.10. The molecule has 0 radical (unpaired) electrons. The monoisotopic (exact) mass is 262 g/mol. The van der Waals surface area contributed by atoms with Crippen molar-refractivity contribution in [1.29, 1.82) is 0 Å². The molecule has 0 fully saturated rings. The Morgan fingerprint density at radius 1 is 1.28 bits per heavy atom. The summed E-state index contributed by atoms with van der Waals surface area (Å²) in [6.07, 6.45) is -3.20. The van der Waals surface area contributed by atoms with Crippen molar-refractivity contribution in [1.82, 2.24) is 9.88 Å². The molecule has 0 spiro atoms. The van der Waals surface area contributed by atoms with E-state index in [1.807, 2.05) is 6.92 Å². The van der Waals surface area contributed by atoms with Gasteiger partial charge in [0.15, 0.2) is 0 Å². The summed E-state index contributed by atoms with van der Waals surface area (Å²) in [7, 11) is 0. The van der Waals surface area contributed by atoms with E-state index in [1.54, 1.807) is 0 Å². The first-order valence-electron chi connectivity index (χ1n) is 5.94. The van der Waals surface area contributed by atoms with Gasteiger partial charge in [-0.05, 0) is 32.0 Å². The number of hydrogen-bond donors (Lipinski definition) is 1. The Balaban J connectivity index is 2.72. The van der Waals surface area contributed by atoms with Crippen molar-refractivity contribution >= 4 is 0 Å². The Bertz CT molecular complexity index is 426. The van der Waals surface area contributed by atoms with E-state index >= 15 is 0 Å². The quantitative estimate of drug-likeness (QED) is 0.798. The second-order valence-electron chi connectivity index (χ2n) is 3.96. The summed E-state index contributed by atoms with van der Waals surface area (Å²) in [6.45, 7) is 3.64. The molecule has 0 aromatic carbocycles. The van der Waals surface area contributed by atoms with Crippen LogP contribution in [0.2, 0.25) is 0 Å². The molecule has 0 aliphatic rings. The molecule has 102 valence electrons. The fourth-order valence-electron chi connectivity index (χ4n) is 1.70. The number of nitrogens with zero attached hydrogens (tertiary/aromatic N) is 1. The third-order valence-corrected chi connectivity index (χ3v) is 2.58. The predicted octanol–water partition coefficient (Wildman–Crippen LogP) is 2.26. The van der Waals surface area contributed by atoms with Crippen molar-refractivity contribution in [3.8, 4) is 0 Å². The van der Waals surface area contributed by atoms with Crippen LogP contribution < -0.4 is 10.9 Å². The summed E-state index contributed by atoms with van der Waals surface area (Å²) in [4.78, 5) is 11.5. The lowest BCUT2D eigenvalue weighted by molar-refractivity contribution is -0.144. The highest BCUT2D eigenvalue weighted by Crippen LogP contribution is 2.28. The van der Waals surface area contributed by atoms with E-state index in [-0.39, 0.29) is 6.54 Å². The Labute approximate surface area is 104 Å². The molecule has 3 nitrogen and oxygen atoms in total. The molecule has 1 aromatic rings. The fraction of sp³-hybridized carbons (Fsp3) is 0.583. The molecule has 0 saturated carbocycles. The Morgan fingerprint density at radius 3 is 2.61 bits per heavy atom. The first kappa shape index (κ1) is 14.8. The summed E-state index contributed by atoms with van der Waals surface area (Å²) in [5.74, 6) is 0. The molecule has 1 aromatic heterocycles. The Hall–Kier alpha value is -1.30. The second kappa shape index (κ2) is 6.58. The lowest BCUT2D eigenvalue weighted by atomic mass is 10.2. The third kappa shape index (κ3) is 4.18. The van der Waals surface area contributed by atoms with Crippen LogP contribution in [0.3, 0.4) is 0 Å². The lowest BCUT2D eigenvalue weighted by Gasteiger charge is -2.14. The first-order valence-corrected chi connectivity index (χ1v) is 5.94. The van der Waals surface area contributed by atoms with Crippen molar-refractivity contribution in [2.45, 2.75) is 32.5 Å². The molecule has 18 heavy (non-hydrogen) atoms. The molecule has 0 saturated heterocycles. The Morgan fingerprint density at radius 2 is 2.00 bits per heavy atom. The predicted molar refractivity (Wildman–Crippen MR) is 63.5 cm³/mol. The first-order chi connectivity index (χ1) is 8.46. The maximum absolute atomic E-state index is 12.7. The van der Waals surface area contributed by atoms with Gasteiger partial charge in [-0.25, -0.2) is 0 Å². The van der Waals surface area contributed by atoms with Gasteiger partial charge in [0.05, 0.1) is 0 Å². The molecule has 0 amide bonds. The maximum Gasteiger partial charge on any atom is 0.431 e. The van der Waals surface area contributed by atoms with Crippen molar-refractivity contribution in [3.63, 3.8) is 0 Å². The van der Waals surface area contributed by atoms with Crippen LogP contribution in [-0.2, 0) is 12.7 Å². The van der Waals surface area contributed by atoms with E-state index in [0.717, 1.165) is 42.3 Å². The van der Waals surface area contributed by atoms with E-state index in [1.165, 1.54) is 0 Å². The molecule has 1 heterocycles. The summed E-state index contributed by atoms with van der Waals surface area (Å²) < 4.78 is 38.9. The zero-order valence-corrected chi connectivity index (χ0v) is 10.3. The lowest BCUT2D eigenvalue weighted by Crippen LogP contribution is -2.27. The number of pyridine rings is 1. The van der Waals surface area contributed by atoms with Crippen LogP contribution >= 0.6 is 0 Å². The van der Waals surface area contributed by atoms with Crippen LogP contribution in [0.15, 0.2) is 23.0 Å². The number of alkyl halides is 3. The van der Waals surface area contributed by atoms with Crippen molar-refractivity contribution < 1.29 is 13.2 Å². The van der Waals surface area contributed by atoms with E-state index in [4.69, 9.17) is 0 Å². The summed E-state index contributed by atoms with van der Waals surface area (Å²) in [5.41, 5.74) is -1.48. The number of nitrogens with one attached hydrogen (secondary N) is 1. The second-order valence-corrected chi connectivity index (χ2v) is 3.96. The molecule has 0 bridgehead atoms. The third-order valence-electron chi connectivity index (χ3n) is 2.58. The number of aromatic nitrogens is 1. The van der Waals surface area contributed by atoms with Gasteiger partial charge >= 0.3 is 6.18 Å². The number of halogens is 3. The van der Waals surface area contributed by atoms with Gasteiger partial charge in [0.25, 0.3) is 5.56 Å². The van der Waals surface area contributed by atoms with E-state index in [2.05, 4.69) is 5.32 Å². The minimum absolute atomic E-state index is 0.0971. The summed E-state index contributed by atoms with van der Waals surface area (Å²) in [6, 6.07) is 3.23. The molecular formula is C12H17F3N2O. The van der Waals surface area contributed by atoms with Gasteiger partial charge in [-0.2, -0.15) is 13.2 Å². The number of hydrogen-bond acceptors (Lipinski definition) is 2. The van der Waals surface area contributed by atoms with Crippen LogP contribution in [0, 0.1) is 0 Å². The fourth-order valence-corrected chi connectivity index (χ4v) is 1.70. The normalized spacial score (nSPS) is 11.8. The molecule has 1 rings (SSSR count). The number of unbranched alkanes of at least 4 members (excludes halogenated alkanes) is 1. The summed E-state index contributed by atoms with van der Waals surface area (Å²) in [5, 5.41) is 3.08. The van der Waals surface area contributed by atoms with Crippen molar-refractivity contribution in [3.05, 3.63) is 34.2 Å². The highest BCUT2D eigenvalue weighted by Gasteiger charge is 2.33. The molecule has 0 unspecified atom stereocenters. The van der Waals surface area contributed by atoms with Crippen LogP contribution in [0.5, 0.6) is 0 Å². The van der Waals surface area contributed by atoms with Crippen molar-refractivity contribution in [2.24, 2.45) is 0 Å². The molecule has 6 heteroatoms. The van der Waals surface area contributed by atoms with Crippen LogP contribution in [0.1, 0.15) is 25.5 Å². The van der Waals surface area contributed by atoms with Gasteiger partial charge in [-0.15, -0.1) is 0 Å². The van der Waals surface area contributed by atoms with E-state index in [0.29, 0.717) is 6.42 Å². The molecule has 0 aliphatic carbocycles. The standard InChI is InChI=1S/C12H17F3N2O/c1-2-16-8-3-4-9-17-10(12(13,14)15)6-5-7-11(17)18/h5-7,16H,2-4,8-9H2,1H3. The zero-order chi connectivity index (χ0) is 13.6. The zero-order valence-electron chi connectivity index (χ0n) is 10.3. The van der Waals surface area contributed by atoms with Crippen LogP contribution in [-0.4, -0.2) is 17.7 Å². The average molecular weight is 262 g/mol. The Kier molecular flexibility index (Phi) is 5.40. The minimum atomic E-state index is -4.48. The van der Waals surface area contributed by atoms with Gasteiger partial charge < -0.3 is 9.88 Å². The number of rotatable bonds is 6. The van der Waals surface area contributed by atoms with Gasteiger partial charge in [0.1, 0.15) is 5.69 Å². The van der Waals surface area contributed by atoms with Crippen LogP contribution in [0.25, 0.3) is 0 Å². The smallest absolute Gasteiger partial charge is 0.317 e. The largest absolute Gasteiger partial charge is 0.431 e. The summed E-state index contributed by atoms with van der Waals surface area (Å²) >= 11 is 0. The van der Waals surface area contributed by atoms with E-state index in [9.17, 15) is 18.0 Å². The topological polar surface area (TPSA) is 34.0 Å². The molecule has 0 aliphatic heterocycles. The van der Waals surface area contributed by atoms with Crippen LogP contribution in [0.4, 0.5) is 13.2 Å². The van der Waals surface area contributed by atoms with E-state index < -0.39 is 17.4 Å². The highest BCUT2D eigenvalue weighted by atomic mass is 19.4. The van der Waals surface area contributed by atoms with Crippen molar-refractivity contribution in [2.75, 3.05) is 13.1 Å². The molecule has 1 N–H and O–H groups in total. The SMILES string of the molecule is CCNCCCCn1c(C(F)(F)F)cccc1=O. The molecule has 0 atom stereocenters. The van der Waals surface area contributed by atoms with Gasteiger partial charge in [0.2, 0.25) is 0 Å².